The van der Waals surface area contributed by atoms with Gasteiger partial charge in [0.1, 0.15) is 5.83 Å². The predicted molar refractivity (Wildman–Crippen MR) is 115 cm³/mol. The minimum absolute atomic E-state index is 0.241. The van der Waals surface area contributed by atoms with E-state index < -0.39 is 11.7 Å². The lowest BCUT2D eigenvalue weighted by Crippen LogP contribution is -2.15. The predicted octanol–water partition coefficient (Wildman–Crippen LogP) is 7.99. The molecule has 0 aliphatic heterocycles. The molecule has 0 spiro atoms. The van der Waals surface area contributed by atoms with Crippen LogP contribution in [-0.4, -0.2) is 0 Å². The molecule has 0 saturated heterocycles. The summed E-state index contributed by atoms with van der Waals surface area (Å²) in [5, 5.41) is 0. The Morgan fingerprint density at radius 1 is 0.821 bits per heavy atom. The first-order valence-electron chi connectivity index (χ1n) is 10.8. The minimum Gasteiger partial charge on any atom is -0.208 e. The molecule has 1 aliphatic rings. The van der Waals surface area contributed by atoms with Gasteiger partial charge >= 0.3 is 0 Å². The third kappa shape index (κ3) is 5.53. The zero-order valence-electron chi connectivity index (χ0n) is 17.2. The topological polar surface area (TPSA) is 0 Å². The van der Waals surface area contributed by atoms with Crippen LogP contribution in [0.4, 0.5) is 8.78 Å². The average Bonchev–Trinajstić information content (AvgIpc) is 2.73. The maximum absolute atomic E-state index is 14.7. The summed E-state index contributed by atoms with van der Waals surface area (Å²) >= 11 is 0. The van der Waals surface area contributed by atoms with Gasteiger partial charge in [0.25, 0.3) is 0 Å². The molecule has 0 unspecified atom stereocenters. The van der Waals surface area contributed by atoms with E-state index in [2.05, 4.69) is 38.1 Å². The van der Waals surface area contributed by atoms with Crippen LogP contribution in [0.2, 0.25) is 0 Å². The quantitative estimate of drug-likeness (QED) is 0.455. The van der Waals surface area contributed by atoms with E-state index in [0.717, 1.165) is 44.1 Å². The van der Waals surface area contributed by atoms with Crippen LogP contribution in [0.3, 0.4) is 0 Å². The van der Waals surface area contributed by atoms with Crippen molar-refractivity contribution in [3.8, 4) is 0 Å². The second-order valence-corrected chi connectivity index (χ2v) is 8.35. The van der Waals surface area contributed by atoms with Gasteiger partial charge in [-0.25, -0.2) is 8.78 Å². The number of halogens is 2. The molecular weight excluding hydrogens is 350 g/mol. The van der Waals surface area contributed by atoms with E-state index in [1.807, 2.05) is 12.1 Å². The first-order valence-corrected chi connectivity index (χ1v) is 10.8. The molecule has 0 bridgehead atoms. The number of rotatable bonds is 7. The Morgan fingerprint density at radius 3 is 1.89 bits per heavy atom. The normalized spacial score (nSPS) is 20.7. The second-order valence-electron chi connectivity index (χ2n) is 8.35. The molecule has 2 aromatic carbocycles. The lowest BCUT2D eigenvalue weighted by Gasteiger charge is -2.27. The van der Waals surface area contributed by atoms with Crippen molar-refractivity contribution in [3.05, 3.63) is 76.6 Å². The third-order valence-electron chi connectivity index (χ3n) is 6.14. The summed E-state index contributed by atoms with van der Waals surface area (Å²) in [6.07, 6.45) is 7.85. The molecule has 0 amide bonds. The molecule has 3 rings (SSSR count). The zero-order valence-corrected chi connectivity index (χ0v) is 17.2. The highest BCUT2D eigenvalue weighted by Crippen LogP contribution is 2.39. The molecule has 0 N–H and O–H groups in total. The molecule has 28 heavy (non-hydrogen) atoms. The summed E-state index contributed by atoms with van der Waals surface area (Å²) in [5.41, 5.74) is 4.08. The monoisotopic (exact) mass is 382 g/mol. The summed E-state index contributed by atoms with van der Waals surface area (Å²) in [5.74, 6) is -0.745. The fraction of sp³-hybridized carbons (Fsp3) is 0.462. The van der Waals surface area contributed by atoms with E-state index in [-0.39, 0.29) is 5.92 Å². The van der Waals surface area contributed by atoms with Crippen LogP contribution in [0.15, 0.2) is 54.4 Å². The molecule has 0 radical (unpaired) electrons. The van der Waals surface area contributed by atoms with Gasteiger partial charge in [-0.1, -0.05) is 73.9 Å². The van der Waals surface area contributed by atoms with Crippen molar-refractivity contribution in [1.29, 1.82) is 0 Å². The molecule has 0 nitrogen and oxygen atoms in total. The molecule has 0 atom stereocenters. The zero-order chi connectivity index (χ0) is 19.9. The highest BCUT2D eigenvalue weighted by Gasteiger charge is 2.26. The number of benzene rings is 2. The van der Waals surface area contributed by atoms with Crippen LogP contribution in [0.25, 0.3) is 5.83 Å². The van der Waals surface area contributed by atoms with Crippen molar-refractivity contribution in [3.63, 3.8) is 0 Å². The lowest BCUT2D eigenvalue weighted by molar-refractivity contribution is 0.261. The minimum atomic E-state index is -0.663. The van der Waals surface area contributed by atoms with Crippen molar-refractivity contribution >= 4 is 5.83 Å². The van der Waals surface area contributed by atoms with Gasteiger partial charge in [0.05, 0.1) is 0 Å². The van der Waals surface area contributed by atoms with E-state index in [0.29, 0.717) is 11.5 Å². The lowest BCUT2D eigenvalue weighted by atomic mass is 9.79. The number of aryl methyl sites for hydroxylation is 3. The smallest absolute Gasteiger partial charge is 0.162 e. The summed E-state index contributed by atoms with van der Waals surface area (Å²) in [7, 11) is 0. The standard InChI is InChI=1S/C26H32F2/c1-3-4-20-11-15-23(16-12-20)25(27)26(28)24-17-13-22(14-18-24)10-9-21-7-5-19(2)6-8-21/h5-8,13-14,17-18,20,23H,3-4,9-12,15-16H2,1-2H3/b26-25+. The van der Waals surface area contributed by atoms with Crippen LogP contribution in [0.5, 0.6) is 0 Å². The van der Waals surface area contributed by atoms with Crippen molar-refractivity contribution in [2.45, 2.75) is 65.2 Å². The Bertz CT molecular complexity index is 763. The van der Waals surface area contributed by atoms with Gasteiger partial charge in [-0.3, -0.25) is 0 Å². The largest absolute Gasteiger partial charge is 0.208 e. The van der Waals surface area contributed by atoms with Gasteiger partial charge in [0, 0.05) is 11.5 Å². The Kier molecular flexibility index (Phi) is 7.42. The van der Waals surface area contributed by atoms with Gasteiger partial charge in [-0.15, -0.1) is 0 Å². The highest BCUT2D eigenvalue weighted by atomic mass is 19.2. The molecule has 0 aromatic heterocycles. The van der Waals surface area contributed by atoms with Gasteiger partial charge in [0.15, 0.2) is 5.83 Å². The second kappa shape index (κ2) is 10.0. The van der Waals surface area contributed by atoms with Gasteiger partial charge in [-0.05, 0) is 62.5 Å². The first kappa shape index (κ1) is 20.8. The van der Waals surface area contributed by atoms with Crippen LogP contribution < -0.4 is 0 Å². The molecule has 1 aliphatic carbocycles. The van der Waals surface area contributed by atoms with Crippen LogP contribution >= 0.6 is 0 Å². The molecule has 1 fully saturated rings. The van der Waals surface area contributed by atoms with E-state index in [1.165, 1.54) is 24.0 Å². The summed E-state index contributed by atoms with van der Waals surface area (Å²) in [6.45, 7) is 4.28. The Balaban J connectivity index is 1.58. The summed E-state index contributed by atoms with van der Waals surface area (Å²) in [4.78, 5) is 0. The van der Waals surface area contributed by atoms with Crippen molar-refractivity contribution < 1.29 is 8.78 Å². The van der Waals surface area contributed by atoms with E-state index in [4.69, 9.17) is 0 Å². The van der Waals surface area contributed by atoms with Gasteiger partial charge in [-0.2, -0.15) is 0 Å². The fourth-order valence-electron chi connectivity index (χ4n) is 4.29. The molecule has 1 saturated carbocycles. The van der Waals surface area contributed by atoms with Crippen molar-refractivity contribution in [2.75, 3.05) is 0 Å². The van der Waals surface area contributed by atoms with Gasteiger partial charge in [0.2, 0.25) is 0 Å². The van der Waals surface area contributed by atoms with Crippen molar-refractivity contribution in [2.24, 2.45) is 11.8 Å². The first-order chi connectivity index (χ1) is 13.6. The van der Waals surface area contributed by atoms with E-state index >= 15 is 0 Å². The summed E-state index contributed by atoms with van der Waals surface area (Å²) < 4.78 is 29.4. The van der Waals surface area contributed by atoms with Crippen LogP contribution in [0, 0.1) is 18.8 Å². The summed E-state index contributed by atoms with van der Waals surface area (Å²) in [6, 6.07) is 15.8. The average molecular weight is 383 g/mol. The van der Waals surface area contributed by atoms with Crippen LogP contribution in [0.1, 0.15) is 67.7 Å². The van der Waals surface area contributed by atoms with E-state index in [9.17, 15) is 8.78 Å². The van der Waals surface area contributed by atoms with Crippen LogP contribution in [-0.2, 0) is 12.8 Å². The van der Waals surface area contributed by atoms with Gasteiger partial charge < -0.3 is 0 Å². The maximum Gasteiger partial charge on any atom is 0.162 e. The number of hydrogen-bond acceptors (Lipinski definition) is 0. The molecule has 2 aromatic rings. The number of allylic oxidation sites excluding steroid dienone is 1. The molecular formula is C26H32F2. The van der Waals surface area contributed by atoms with Crippen molar-refractivity contribution in [1.82, 2.24) is 0 Å². The molecule has 0 heterocycles. The SMILES string of the molecule is CCCC1CCC(/C(F)=C(\F)c2ccc(CCc3ccc(C)cc3)cc2)CC1. The highest BCUT2D eigenvalue weighted by molar-refractivity contribution is 5.61. The number of hydrogen-bond donors (Lipinski definition) is 0. The molecule has 150 valence electrons. The van der Waals surface area contributed by atoms with E-state index in [1.54, 1.807) is 12.1 Å². The Labute approximate surface area is 168 Å². The molecule has 2 heteroatoms. The Hall–Kier alpha value is -1.96. The maximum atomic E-state index is 14.7. The third-order valence-corrected chi connectivity index (χ3v) is 6.14. The Morgan fingerprint density at radius 2 is 1.36 bits per heavy atom. The fourth-order valence-corrected chi connectivity index (χ4v) is 4.29.